The molecule has 2 heterocycles. The first-order valence-corrected chi connectivity index (χ1v) is 7.90. The van der Waals surface area contributed by atoms with E-state index < -0.39 is 28.9 Å². The first-order valence-electron chi connectivity index (χ1n) is 7.10. The van der Waals surface area contributed by atoms with E-state index in [-0.39, 0.29) is 40.2 Å². The second kappa shape index (κ2) is 5.72. The number of halogens is 5. The predicted molar refractivity (Wildman–Crippen MR) is 83.7 cm³/mol. The molecular formula is C15H11BrF4N2O3. The quantitative estimate of drug-likeness (QED) is 0.664. The van der Waals surface area contributed by atoms with Gasteiger partial charge in [-0.3, -0.25) is 9.36 Å². The van der Waals surface area contributed by atoms with Gasteiger partial charge in [0.15, 0.2) is 0 Å². The van der Waals surface area contributed by atoms with Gasteiger partial charge in [-0.05, 0) is 28.9 Å². The normalized spacial score (nSPS) is 16.7. The van der Waals surface area contributed by atoms with Crippen molar-refractivity contribution < 1.29 is 22.3 Å². The summed E-state index contributed by atoms with van der Waals surface area (Å²) < 4.78 is 59.8. The zero-order chi connectivity index (χ0) is 18.7. The van der Waals surface area contributed by atoms with Crippen LogP contribution in [0.5, 0.6) is 5.75 Å². The van der Waals surface area contributed by atoms with Crippen molar-refractivity contribution in [3.05, 3.63) is 54.5 Å². The van der Waals surface area contributed by atoms with Crippen molar-refractivity contribution in [1.29, 1.82) is 0 Å². The maximum absolute atomic E-state index is 14.5. The molecule has 1 aromatic heterocycles. The minimum absolute atomic E-state index is 0.206. The molecule has 0 aliphatic carbocycles. The van der Waals surface area contributed by atoms with E-state index in [0.29, 0.717) is 9.04 Å². The molecule has 5 nitrogen and oxygen atoms in total. The van der Waals surface area contributed by atoms with E-state index in [0.717, 1.165) is 13.1 Å². The Morgan fingerprint density at radius 3 is 2.52 bits per heavy atom. The molecule has 0 radical (unpaired) electrons. The van der Waals surface area contributed by atoms with Crippen LogP contribution >= 0.6 is 15.9 Å². The van der Waals surface area contributed by atoms with Gasteiger partial charge in [0.2, 0.25) is 0 Å². The smallest absolute Gasteiger partial charge is 0.431 e. The topological polar surface area (TPSA) is 53.2 Å². The molecular weight excluding hydrogens is 412 g/mol. The van der Waals surface area contributed by atoms with Crippen LogP contribution in [0, 0.1) is 5.82 Å². The van der Waals surface area contributed by atoms with E-state index in [1.54, 1.807) is 6.92 Å². The Labute approximate surface area is 146 Å². The molecule has 0 bridgehead atoms. The van der Waals surface area contributed by atoms with Crippen LogP contribution in [0.15, 0.2) is 26.2 Å². The van der Waals surface area contributed by atoms with Crippen LogP contribution < -0.4 is 16.0 Å². The number of fused-ring (bicyclic) bond motifs is 1. The number of nitrogens with zero attached hydrogens (tertiary/aromatic N) is 2. The first kappa shape index (κ1) is 17.7. The fourth-order valence-electron chi connectivity index (χ4n) is 2.83. The largest absolute Gasteiger partial charge is 0.489 e. The SMILES string of the molecule is CC1Cc2c(c(Br)cc(F)c2-n2c(=O)cc(C(F)(F)F)n(C)c2=O)O1. The summed E-state index contributed by atoms with van der Waals surface area (Å²) >= 11 is 3.14. The van der Waals surface area contributed by atoms with E-state index in [2.05, 4.69) is 15.9 Å². The van der Waals surface area contributed by atoms with Gasteiger partial charge in [0.05, 0.1) is 10.2 Å². The predicted octanol–water partition coefficient (Wildman–Crippen LogP) is 2.78. The molecule has 10 heteroatoms. The fraction of sp³-hybridized carbons (Fsp3) is 0.333. The van der Waals surface area contributed by atoms with E-state index >= 15 is 0 Å². The lowest BCUT2D eigenvalue weighted by molar-refractivity contribution is -0.144. The van der Waals surface area contributed by atoms with Crippen LogP contribution in [0.1, 0.15) is 18.2 Å². The lowest BCUT2D eigenvalue weighted by Crippen LogP contribution is -2.41. The lowest BCUT2D eigenvalue weighted by Gasteiger charge is -2.16. The number of ether oxygens (including phenoxy) is 1. The number of rotatable bonds is 1. The van der Waals surface area contributed by atoms with Gasteiger partial charge < -0.3 is 4.74 Å². The van der Waals surface area contributed by atoms with Gasteiger partial charge in [0.25, 0.3) is 5.56 Å². The average Bonchev–Trinajstić information content (AvgIpc) is 2.87. The maximum atomic E-state index is 14.5. The van der Waals surface area contributed by atoms with Crippen molar-refractivity contribution in [2.24, 2.45) is 7.05 Å². The van der Waals surface area contributed by atoms with Crippen molar-refractivity contribution in [1.82, 2.24) is 9.13 Å². The summed E-state index contributed by atoms with van der Waals surface area (Å²) in [6.45, 7) is 1.71. The standard InChI is InChI=1S/C15H11BrF4N2O3/c1-6-3-7-12(9(17)4-8(16)13(7)25-6)22-11(23)5-10(15(18,19)20)21(2)14(22)24/h4-6H,3H2,1-2H3. The van der Waals surface area contributed by atoms with Crippen molar-refractivity contribution in [2.75, 3.05) is 0 Å². The molecule has 1 aromatic carbocycles. The highest BCUT2D eigenvalue weighted by Gasteiger charge is 2.36. The minimum atomic E-state index is -4.88. The molecule has 0 spiro atoms. The van der Waals surface area contributed by atoms with Crippen molar-refractivity contribution in [3.8, 4) is 11.4 Å². The molecule has 0 N–H and O–H groups in total. The van der Waals surface area contributed by atoms with Gasteiger partial charge in [0, 0.05) is 25.1 Å². The zero-order valence-corrected chi connectivity index (χ0v) is 14.5. The number of alkyl halides is 3. The summed E-state index contributed by atoms with van der Waals surface area (Å²) in [4.78, 5) is 24.6. The van der Waals surface area contributed by atoms with Gasteiger partial charge in [-0.2, -0.15) is 13.2 Å². The summed E-state index contributed by atoms with van der Waals surface area (Å²) in [5.74, 6) is -0.653. The summed E-state index contributed by atoms with van der Waals surface area (Å²) in [5.41, 5.74) is -4.10. The molecule has 3 rings (SSSR count). The first-order chi connectivity index (χ1) is 11.5. The Bertz CT molecular complexity index is 994. The van der Waals surface area contributed by atoms with Crippen LogP contribution in [0.25, 0.3) is 5.69 Å². The van der Waals surface area contributed by atoms with Crippen LogP contribution in [0.4, 0.5) is 17.6 Å². The number of hydrogen-bond acceptors (Lipinski definition) is 3. The Hall–Kier alpha value is -2.10. The molecule has 0 saturated heterocycles. The third-order valence-electron chi connectivity index (χ3n) is 3.90. The molecule has 134 valence electrons. The molecule has 1 aliphatic rings. The van der Waals surface area contributed by atoms with Crippen molar-refractivity contribution in [3.63, 3.8) is 0 Å². The third kappa shape index (κ3) is 2.78. The molecule has 1 unspecified atom stereocenters. The number of benzene rings is 1. The summed E-state index contributed by atoms with van der Waals surface area (Å²) in [6, 6.07) is 1.28. The molecule has 1 aliphatic heterocycles. The highest BCUT2D eigenvalue weighted by molar-refractivity contribution is 9.10. The second-order valence-electron chi connectivity index (χ2n) is 5.67. The molecule has 25 heavy (non-hydrogen) atoms. The second-order valence-corrected chi connectivity index (χ2v) is 6.53. The van der Waals surface area contributed by atoms with Crippen LogP contribution in [0.2, 0.25) is 0 Å². The van der Waals surface area contributed by atoms with E-state index in [9.17, 15) is 27.2 Å². The lowest BCUT2D eigenvalue weighted by atomic mass is 10.1. The van der Waals surface area contributed by atoms with Gasteiger partial charge in [-0.15, -0.1) is 0 Å². The Balaban J connectivity index is 2.38. The van der Waals surface area contributed by atoms with Crippen LogP contribution in [-0.2, 0) is 19.6 Å². The van der Waals surface area contributed by atoms with E-state index in [4.69, 9.17) is 4.74 Å². The van der Waals surface area contributed by atoms with Crippen LogP contribution in [0.3, 0.4) is 0 Å². The Kier molecular flexibility index (Phi) is 4.05. The van der Waals surface area contributed by atoms with Crippen molar-refractivity contribution >= 4 is 15.9 Å². The fourth-order valence-corrected chi connectivity index (χ4v) is 3.37. The van der Waals surface area contributed by atoms with E-state index in [1.165, 1.54) is 0 Å². The summed E-state index contributed by atoms with van der Waals surface area (Å²) in [5, 5.41) is 0. The monoisotopic (exact) mass is 422 g/mol. The van der Waals surface area contributed by atoms with Gasteiger partial charge in [0.1, 0.15) is 23.4 Å². The Morgan fingerprint density at radius 2 is 1.92 bits per heavy atom. The number of aromatic nitrogens is 2. The van der Waals surface area contributed by atoms with Gasteiger partial charge in [-0.1, -0.05) is 0 Å². The maximum Gasteiger partial charge on any atom is 0.431 e. The Morgan fingerprint density at radius 1 is 1.28 bits per heavy atom. The van der Waals surface area contributed by atoms with Crippen LogP contribution in [-0.4, -0.2) is 15.2 Å². The molecule has 1 atom stereocenters. The van der Waals surface area contributed by atoms with Gasteiger partial charge in [-0.25, -0.2) is 13.8 Å². The summed E-state index contributed by atoms with van der Waals surface area (Å²) in [7, 11) is 0.872. The number of hydrogen-bond donors (Lipinski definition) is 0. The molecule has 0 fully saturated rings. The average molecular weight is 423 g/mol. The third-order valence-corrected chi connectivity index (χ3v) is 4.49. The van der Waals surface area contributed by atoms with E-state index in [1.807, 2.05) is 0 Å². The summed E-state index contributed by atoms with van der Waals surface area (Å²) in [6.07, 6.45) is -5.01. The molecule has 0 amide bonds. The molecule has 0 saturated carbocycles. The highest BCUT2D eigenvalue weighted by Crippen LogP contribution is 2.40. The van der Waals surface area contributed by atoms with Crippen molar-refractivity contribution in [2.45, 2.75) is 25.6 Å². The minimum Gasteiger partial charge on any atom is -0.489 e. The molecule has 2 aromatic rings. The van der Waals surface area contributed by atoms with Gasteiger partial charge >= 0.3 is 11.9 Å². The zero-order valence-electron chi connectivity index (χ0n) is 12.9. The highest BCUT2D eigenvalue weighted by atomic mass is 79.9.